The molecule has 2 aromatic heterocycles. The highest BCUT2D eigenvalue weighted by molar-refractivity contribution is 7.17. The average molecular weight is 400 g/mol. The second-order valence-corrected chi connectivity index (χ2v) is 8.75. The zero-order chi connectivity index (χ0) is 19.7. The van der Waals surface area contributed by atoms with Gasteiger partial charge in [0.25, 0.3) is 5.56 Å². The Morgan fingerprint density at radius 3 is 2.61 bits per heavy atom. The summed E-state index contributed by atoms with van der Waals surface area (Å²) in [6, 6.07) is 8.12. The molecule has 0 radical (unpaired) electrons. The maximum absolute atomic E-state index is 13.2. The molecule has 1 aromatic carbocycles. The molecule has 6 heteroatoms. The molecule has 0 atom stereocenters. The quantitative estimate of drug-likeness (QED) is 0.586. The molecule has 1 aliphatic rings. The van der Waals surface area contributed by atoms with Crippen LogP contribution in [0.1, 0.15) is 61.2 Å². The Labute approximate surface area is 168 Å². The molecule has 1 saturated carbocycles. The summed E-state index contributed by atoms with van der Waals surface area (Å²) in [6.45, 7) is 5.44. The minimum Gasteiger partial charge on any atom is -0.366 e. The van der Waals surface area contributed by atoms with Gasteiger partial charge in [0.2, 0.25) is 0 Å². The van der Waals surface area contributed by atoms with E-state index in [0.29, 0.717) is 12.5 Å². The van der Waals surface area contributed by atoms with Gasteiger partial charge in [-0.05, 0) is 51.0 Å². The van der Waals surface area contributed by atoms with E-state index < -0.39 is 0 Å². The molecule has 0 amide bonds. The second-order valence-electron chi connectivity index (χ2n) is 7.57. The Bertz CT molecular complexity index is 1020. The van der Waals surface area contributed by atoms with Crippen molar-refractivity contribution in [2.75, 3.05) is 11.4 Å². The lowest BCUT2D eigenvalue weighted by Gasteiger charge is -2.23. The largest absolute Gasteiger partial charge is 0.366 e. The Balaban J connectivity index is 1.67. The van der Waals surface area contributed by atoms with E-state index in [1.54, 1.807) is 29.5 Å². The van der Waals surface area contributed by atoms with Gasteiger partial charge in [-0.25, -0.2) is 9.37 Å². The summed E-state index contributed by atoms with van der Waals surface area (Å²) in [4.78, 5) is 21.9. The predicted octanol–water partition coefficient (Wildman–Crippen LogP) is 5.28. The van der Waals surface area contributed by atoms with Crippen molar-refractivity contribution >= 4 is 22.0 Å². The van der Waals surface area contributed by atoms with Crippen LogP contribution < -0.4 is 10.5 Å². The van der Waals surface area contributed by atoms with Crippen LogP contribution in [0.4, 0.5) is 10.1 Å². The van der Waals surface area contributed by atoms with E-state index in [2.05, 4.69) is 11.8 Å². The minimum absolute atomic E-state index is 0.0140. The highest BCUT2D eigenvalue weighted by atomic mass is 32.1. The number of anilines is 1. The number of hydrogen-bond donors (Lipinski definition) is 0. The summed E-state index contributed by atoms with van der Waals surface area (Å²) in [5.41, 5.74) is 2.87. The molecule has 4 rings (SSSR count). The van der Waals surface area contributed by atoms with Gasteiger partial charge >= 0.3 is 0 Å². The van der Waals surface area contributed by atoms with Gasteiger partial charge < -0.3 is 4.90 Å². The van der Waals surface area contributed by atoms with Crippen molar-refractivity contribution in [3.05, 3.63) is 62.8 Å². The minimum atomic E-state index is -0.248. The van der Waals surface area contributed by atoms with Crippen LogP contribution in [0.25, 0.3) is 4.96 Å². The number of fused-ring (bicyclic) bond motifs is 1. The number of rotatable bonds is 5. The average Bonchev–Trinajstić information content (AvgIpc) is 3.04. The molecule has 28 heavy (non-hydrogen) atoms. The normalized spacial score (nSPS) is 15.2. The van der Waals surface area contributed by atoms with Crippen LogP contribution in [0.5, 0.6) is 0 Å². The molecule has 2 heterocycles. The Morgan fingerprint density at radius 2 is 1.93 bits per heavy atom. The van der Waals surface area contributed by atoms with Crippen molar-refractivity contribution in [1.82, 2.24) is 9.38 Å². The molecule has 3 aromatic rings. The van der Waals surface area contributed by atoms with Crippen LogP contribution in [0, 0.1) is 12.7 Å². The first-order chi connectivity index (χ1) is 13.6. The fourth-order valence-electron chi connectivity index (χ4n) is 4.30. The number of nitrogens with zero attached hydrogens (tertiary/aromatic N) is 3. The van der Waals surface area contributed by atoms with Crippen LogP contribution in [-0.4, -0.2) is 15.9 Å². The zero-order valence-electron chi connectivity index (χ0n) is 16.4. The highest BCUT2D eigenvalue weighted by Crippen LogP contribution is 2.36. The van der Waals surface area contributed by atoms with E-state index in [-0.39, 0.29) is 11.4 Å². The van der Waals surface area contributed by atoms with Crippen molar-refractivity contribution in [3.63, 3.8) is 0 Å². The van der Waals surface area contributed by atoms with E-state index in [1.807, 2.05) is 11.3 Å². The number of halogens is 1. The van der Waals surface area contributed by atoms with Crippen molar-refractivity contribution < 1.29 is 4.39 Å². The third kappa shape index (κ3) is 3.70. The first-order valence-corrected chi connectivity index (χ1v) is 10.9. The Morgan fingerprint density at radius 1 is 1.21 bits per heavy atom. The molecule has 0 N–H and O–H groups in total. The third-order valence-corrected chi connectivity index (χ3v) is 6.68. The maximum atomic E-state index is 13.2. The summed E-state index contributed by atoms with van der Waals surface area (Å²) in [7, 11) is 0. The standard InChI is InChI=1S/C22H26FN3OS/c1-3-25(19-11-9-17(23)10-12-19)14-18-13-20(27)26-21(15(2)28-22(26)24-18)16-7-5-4-6-8-16/h9-13,16H,3-8,14H2,1-2H3. The first-order valence-electron chi connectivity index (χ1n) is 10.1. The lowest BCUT2D eigenvalue weighted by Crippen LogP contribution is -2.25. The topological polar surface area (TPSA) is 37.6 Å². The number of benzene rings is 1. The van der Waals surface area contributed by atoms with E-state index in [0.717, 1.165) is 35.7 Å². The molecule has 4 nitrogen and oxygen atoms in total. The maximum Gasteiger partial charge on any atom is 0.259 e. The molecule has 0 saturated heterocycles. The molecule has 1 aliphatic carbocycles. The monoisotopic (exact) mass is 399 g/mol. The van der Waals surface area contributed by atoms with Crippen molar-refractivity contribution in [3.8, 4) is 0 Å². The van der Waals surface area contributed by atoms with E-state index >= 15 is 0 Å². The molecule has 0 aliphatic heterocycles. The first kappa shape index (κ1) is 19.1. The van der Waals surface area contributed by atoms with E-state index in [9.17, 15) is 9.18 Å². The molecule has 0 spiro atoms. The van der Waals surface area contributed by atoms with Crippen LogP contribution in [-0.2, 0) is 6.54 Å². The fraction of sp³-hybridized carbons (Fsp3) is 0.455. The molecule has 148 valence electrons. The Hall–Kier alpha value is -2.21. The second kappa shape index (κ2) is 8.03. The van der Waals surface area contributed by atoms with Crippen LogP contribution in [0.15, 0.2) is 35.1 Å². The SMILES string of the molecule is CCN(Cc1cc(=O)n2c(C3CCCCC3)c(C)sc2n1)c1ccc(F)cc1. The van der Waals surface area contributed by atoms with Gasteiger partial charge in [-0.15, -0.1) is 11.3 Å². The van der Waals surface area contributed by atoms with Gasteiger partial charge in [-0.3, -0.25) is 9.20 Å². The lowest BCUT2D eigenvalue weighted by molar-refractivity contribution is 0.433. The summed E-state index contributed by atoms with van der Waals surface area (Å²) < 4.78 is 15.1. The number of aromatic nitrogens is 2. The van der Waals surface area contributed by atoms with Crippen LogP contribution in [0.2, 0.25) is 0 Å². The molecule has 0 unspecified atom stereocenters. The Kier molecular flexibility index (Phi) is 5.49. The zero-order valence-corrected chi connectivity index (χ0v) is 17.3. The summed E-state index contributed by atoms with van der Waals surface area (Å²) in [5.74, 6) is 0.223. The van der Waals surface area contributed by atoms with Gasteiger partial charge in [0.15, 0.2) is 4.96 Å². The molecular weight excluding hydrogens is 373 g/mol. The molecule has 1 fully saturated rings. The van der Waals surface area contributed by atoms with Crippen LogP contribution in [0.3, 0.4) is 0 Å². The van der Waals surface area contributed by atoms with Crippen LogP contribution >= 0.6 is 11.3 Å². The third-order valence-electron chi connectivity index (χ3n) is 5.71. The smallest absolute Gasteiger partial charge is 0.259 e. The number of thiazole rings is 1. The van der Waals surface area contributed by atoms with Gasteiger partial charge in [0, 0.05) is 34.8 Å². The highest BCUT2D eigenvalue weighted by Gasteiger charge is 2.23. The van der Waals surface area contributed by atoms with Gasteiger partial charge in [-0.1, -0.05) is 19.3 Å². The molecule has 0 bridgehead atoms. The van der Waals surface area contributed by atoms with Crippen molar-refractivity contribution in [2.24, 2.45) is 0 Å². The summed E-state index contributed by atoms with van der Waals surface area (Å²) in [5, 5.41) is 0. The van der Waals surface area contributed by atoms with Gasteiger partial charge in [0.05, 0.1) is 12.2 Å². The fourth-order valence-corrected chi connectivity index (χ4v) is 5.38. The van der Waals surface area contributed by atoms with Gasteiger partial charge in [0.1, 0.15) is 5.82 Å². The van der Waals surface area contributed by atoms with E-state index in [1.165, 1.54) is 42.0 Å². The predicted molar refractivity (Wildman–Crippen MR) is 113 cm³/mol. The van der Waals surface area contributed by atoms with Gasteiger partial charge in [-0.2, -0.15) is 0 Å². The van der Waals surface area contributed by atoms with E-state index in [4.69, 9.17) is 4.98 Å². The summed E-state index contributed by atoms with van der Waals surface area (Å²) >= 11 is 1.62. The lowest BCUT2D eigenvalue weighted by atomic mass is 9.86. The molecular formula is C22H26FN3OS. The number of aryl methyl sites for hydroxylation is 1. The van der Waals surface area contributed by atoms with Crippen molar-refractivity contribution in [1.29, 1.82) is 0 Å². The van der Waals surface area contributed by atoms with Crippen molar-refractivity contribution in [2.45, 2.75) is 58.4 Å². The number of hydrogen-bond acceptors (Lipinski definition) is 4. The summed E-state index contributed by atoms with van der Waals surface area (Å²) in [6.07, 6.45) is 6.10.